The summed E-state index contributed by atoms with van der Waals surface area (Å²) in [5.74, 6) is 1.76. The Morgan fingerprint density at radius 3 is 2.72 bits per heavy atom. The van der Waals surface area contributed by atoms with Crippen molar-refractivity contribution in [3.8, 4) is 0 Å². The van der Waals surface area contributed by atoms with Gasteiger partial charge in [0.2, 0.25) is 0 Å². The van der Waals surface area contributed by atoms with E-state index in [4.69, 9.17) is 4.74 Å². The van der Waals surface area contributed by atoms with E-state index in [0.717, 1.165) is 18.4 Å². The number of hydrogen-bond acceptors (Lipinski definition) is 3. The Morgan fingerprint density at radius 2 is 2.17 bits per heavy atom. The van der Waals surface area contributed by atoms with Crippen LogP contribution in [0, 0.1) is 11.8 Å². The van der Waals surface area contributed by atoms with E-state index < -0.39 is 0 Å². The molecule has 0 bridgehead atoms. The summed E-state index contributed by atoms with van der Waals surface area (Å²) in [5, 5.41) is 3.54. The van der Waals surface area contributed by atoms with Crippen LogP contribution in [0.15, 0.2) is 0 Å². The molecule has 2 unspecified atom stereocenters. The van der Waals surface area contributed by atoms with E-state index in [9.17, 15) is 0 Å². The SMILES string of the molecule is CCCN(CC1CCCNC1)C(COC)C1CC1. The Bertz CT molecular complexity index is 225. The molecule has 1 aliphatic carbocycles. The van der Waals surface area contributed by atoms with Crippen molar-refractivity contribution in [3.63, 3.8) is 0 Å². The first kappa shape index (κ1) is 14.3. The van der Waals surface area contributed by atoms with Crippen molar-refractivity contribution < 1.29 is 4.74 Å². The molecule has 0 amide bonds. The molecule has 1 N–H and O–H groups in total. The second kappa shape index (κ2) is 7.46. The fourth-order valence-corrected chi connectivity index (χ4v) is 3.28. The Morgan fingerprint density at radius 1 is 1.33 bits per heavy atom. The van der Waals surface area contributed by atoms with Gasteiger partial charge in [0, 0.05) is 19.7 Å². The van der Waals surface area contributed by atoms with E-state index in [1.165, 1.54) is 58.3 Å². The first-order valence-electron chi connectivity index (χ1n) is 7.78. The third-order valence-corrected chi connectivity index (χ3v) is 4.38. The zero-order chi connectivity index (χ0) is 12.8. The molecule has 0 aromatic carbocycles. The molecule has 106 valence electrons. The average molecular weight is 254 g/mol. The fourth-order valence-electron chi connectivity index (χ4n) is 3.28. The second-order valence-corrected chi connectivity index (χ2v) is 6.07. The minimum absolute atomic E-state index is 0.678. The van der Waals surface area contributed by atoms with E-state index in [0.29, 0.717) is 6.04 Å². The van der Waals surface area contributed by atoms with Crippen molar-refractivity contribution in [2.75, 3.05) is 39.9 Å². The zero-order valence-corrected chi connectivity index (χ0v) is 12.2. The highest BCUT2D eigenvalue weighted by Gasteiger charge is 2.35. The minimum Gasteiger partial charge on any atom is -0.383 e. The summed E-state index contributed by atoms with van der Waals surface area (Å²) in [5.41, 5.74) is 0. The van der Waals surface area contributed by atoms with Gasteiger partial charge in [-0.3, -0.25) is 4.90 Å². The summed E-state index contributed by atoms with van der Waals surface area (Å²) < 4.78 is 5.46. The average Bonchev–Trinajstić information content (AvgIpc) is 3.21. The quantitative estimate of drug-likeness (QED) is 0.718. The lowest BCUT2D eigenvalue weighted by atomic mass is 9.97. The van der Waals surface area contributed by atoms with Gasteiger partial charge in [-0.2, -0.15) is 0 Å². The van der Waals surface area contributed by atoms with E-state index in [1.54, 1.807) is 0 Å². The first-order valence-corrected chi connectivity index (χ1v) is 7.78. The molecule has 1 heterocycles. The van der Waals surface area contributed by atoms with Crippen LogP contribution in [-0.2, 0) is 4.74 Å². The number of hydrogen-bond donors (Lipinski definition) is 1. The molecule has 2 rings (SSSR count). The third-order valence-electron chi connectivity index (χ3n) is 4.38. The van der Waals surface area contributed by atoms with Crippen molar-refractivity contribution in [2.24, 2.45) is 11.8 Å². The molecular weight excluding hydrogens is 224 g/mol. The predicted molar refractivity (Wildman–Crippen MR) is 75.8 cm³/mol. The third kappa shape index (κ3) is 4.22. The van der Waals surface area contributed by atoms with Crippen LogP contribution in [0.1, 0.15) is 39.0 Å². The van der Waals surface area contributed by atoms with Crippen LogP contribution in [0.4, 0.5) is 0 Å². The molecule has 0 spiro atoms. The molecular formula is C15H30N2O. The monoisotopic (exact) mass is 254 g/mol. The van der Waals surface area contributed by atoms with Crippen molar-refractivity contribution in [1.29, 1.82) is 0 Å². The fraction of sp³-hybridized carbons (Fsp3) is 1.00. The van der Waals surface area contributed by atoms with Crippen molar-refractivity contribution in [1.82, 2.24) is 10.2 Å². The zero-order valence-electron chi connectivity index (χ0n) is 12.2. The normalized spacial score (nSPS) is 26.5. The molecule has 1 saturated heterocycles. The maximum atomic E-state index is 5.46. The maximum Gasteiger partial charge on any atom is 0.0620 e. The Hall–Kier alpha value is -0.120. The molecule has 2 aliphatic rings. The molecule has 2 atom stereocenters. The summed E-state index contributed by atoms with van der Waals surface area (Å²) in [6, 6.07) is 0.678. The first-order chi connectivity index (χ1) is 8.85. The lowest BCUT2D eigenvalue weighted by Crippen LogP contribution is -2.46. The van der Waals surface area contributed by atoms with Crippen LogP contribution in [0.2, 0.25) is 0 Å². The van der Waals surface area contributed by atoms with Crippen LogP contribution in [0.25, 0.3) is 0 Å². The summed E-state index contributed by atoms with van der Waals surface area (Å²) in [7, 11) is 1.85. The largest absolute Gasteiger partial charge is 0.383 e. The van der Waals surface area contributed by atoms with E-state index in [2.05, 4.69) is 17.1 Å². The summed E-state index contributed by atoms with van der Waals surface area (Å²) in [4.78, 5) is 2.72. The van der Waals surface area contributed by atoms with E-state index in [-0.39, 0.29) is 0 Å². The van der Waals surface area contributed by atoms with Gasteiger partial charge in [0.05, 0.1) is 6.61 Å². The van der Waals surface area contributed by atoms with Crippen LogP contribution in [0.5, 0.6) is 0 Å². The van der Waals surface area contributed by atoms with Gasteiger partial charge in [-0.05, 0) is 63.6 Å². The number of nitrogens with zero attached hydrogens (tertiary/aromatic N) is 1. The molecule has 2 fully saturated rings. The molecule has 1 aliphatic heterocycles. The Balaban J connectivity index is 1.87. The number of piperidine rings is 1. The summed E-state index contributed by atoms with van der Waals surface area (Å²) in [6.45, 7) is 8.15. The predicted octanol–water partition coefficient (Wildman–Crippen LogP) is 2.12. The highest BCUT2D eigenvalue weighted by atomic mass is 16.5. The number of methoxy groups -OCH3 is 1. The lowest BCUT2D eigenvalue weighted by molar-refractivity contribution is 0.0635. The Labute approximate surface area is 112 Å². The van der Waals surface area contributed by atoms with Gasteiger partial charge < -0.3 is 10.1 Å². The van der Waals surface area contributed by atoms with Gasteiger partial charge in [-0.25, -0.2) is 0 Å². The van der Waals surface area contributed by atoms with Gasteiger partial charge in [-0.15, -0.1) is 0 Å². The van der Waals surface area contributed by atoms with Crippen molar-refractivity contribution in [2.45, 2.75) is 45.1 Å². The van der Waals surface area contributed by atoms with Gasteiger partial charge in [0.1, 0.15) is 0 Å². The number of rotatable bonds is 8. The highest BCUT2D eigenvalue weighted by Crippen LogP contribution is 2.36. The van der Waals surface area contributed by atoms with Gasteiger partial charge in [-0.1, -0.05) is 6.92 Å². The molecule has 3 heteroatoms. The highest BCUT2D eigenvalue weighted by molar-refractivity contribution is 4.89. The summed E-state index contributed by atoms with van der Waals surface area (Å²) in [6.07, 6.45) is 6.84. The van der Waals surface area contributed by atoms with Crippen molar-refractivity contribution in [3.05, 3.63) is 0 Å². The summed E-state index contributed by atoms with van der Waals surface area (Å²) >= 11 is 0. The molecule has 18 heavy (non-hydrogen) atoms. The molecule has 3 nitrogen and oxygen atoms in total. The van der Waals surface area contributed by atoms with Crippen LogP contribution in [-0.4, -0.2) is 50.8 Å². The van der Waals surface area contributed by atoms with Gasteiger partial charge in [0.15, 0.2) is 0 Å². The molecule has 1 saturated carbocycles. The second-order valence-electron chi connectivity index (χ2n) is 6.07. The van der Waals surface area contributed by atoms with E-state index >= 15 is 0 Å². The lowest BCUT2D eigenvalue weighted by Gasteiger charge is -2.35. The maximum absolute atomic E-state index is 5.46. The van der Waals surface area contributed by atoms with E-state index in [1.807, 2.05) is 7.11 Å². The minimum atomic E-state index is 0.678. The molecule has 0 aromatic rings. The van der Waals surface area contributed by atoms with Gasteiger partial charge >= 0.3 is 0 Å². The molecule has 0 aromatic heterocycles. The number of nitrogens with one attached hydrogen (secondary N) is 1. The number of ether oxygens (including phenoxy) is 1. The van der Waals surface area contributed by atoms with Crippen LogP contribution >= 0.6 is 0 Å². The Kier molecular flexibility index (Phi) is 5.93. The smallest absolute Gasteiger partial charge is 0.0620 e. The standard InChI is InChI=1S/C15H30N2O/c1-3-9-17(11-13-5-4-8-16-10-13)15(12-18-2)14-6-7-14/h13-16H,3-12H2,1-2H3. The van der Waals surface area contributed by atoms with Crippen LogP contribution < -0.4 is 5.32 Å². The molecule has 0 radical (unpaired) electrons. The van der Waals surface area contributed by atoms with Gasteiger partial charge in [0.25, 0.3) is 0 Å². The van der Waals surface area contributed by atoms with Crippen LogP contribution in [0.3, 0.4) is 0 Å². The topological polar surface area (TPSA) is 24.5 Å². The van der Waals surface area contributed by atoms with Crippen molar-refractivity contribution >= 4 is 0 Å².